The third kappa shape index (κ3) is 2.84. The first kappa shape index (κ1) is 25.7. The molecule has 4 fully saturated rings. The highest BCUT2D eigenvalue weighted by Gasteiger charge is 2.72. The van der Waals surface area contributed by atoms with E-state index in [1.54, 1.807) is 0 Å². The normalized spacial score (nSPS) is 57.1. The fraction of sp³-hybridized carbons (Fsp3) is 0.900. The number of aliphatic hydroxyl groups excluding tert-OH is 3. The van der Waals surface area contributed by atoms with Gasteiger partial charge < -0.3 is 20.4 Å². The van der Waals surface area contributed by atoms with E-state index < -0.39 is 40.5 Å². The summed E-state index contributed by atoms with van der Waals surface area (Å²) in [6, 6.07) is 0. The molecule has 4 N–H and O–H groups in total. The van der Waals surface area contributed by atoms with Crippen LogP contribution in [0.2, 0.25) is 0 Å². The smallest absolute Gasteiger partial charge is 0.310 e. The number of aliphatic carboxylic acids is 1. The molecule has 0 aliphatic heterocycles. The van der Waals surface area contributed by atoms with Gasteiger partial charge in [-0.15, -0.1) is 0 Å². The van der Waals surface area contributed by atoms with Crippen molar-refractivity contribution >= 4 is 5.97 Å². The van der Waals surface area contributed by atoms with Gasteiger partial charge in [-0.05, 0) is 90.8 Å². The van der Waals surface area contributed by atoms with Crippen molar-refractivity contribution in [3.8, 4) is 0 Å². The summed E-state index contributed by atoms with van der Waals surface area (Å²) in [5.74, 6) is 0.545. The Labute approximate surface area is 211 Å². The van der Waals surface area contributed by atoms with E-state index in [9.17, 15) is 25.2 Å². The molecule has 0 aromatic carbocycles. The lowest BCUT2D eigenvalue weighted by Gasteiger charge is -2.72. The number of aliphatic hydroxyl groups is 3. The molecule has 35 heavy (non-hydrogen) atoms. The van der Waals surface area contributed by atoms with E-state index >= 15 is 0 Å². The number of allylic oxidation sites excluding steroid dienone is 2. The van der Waals surface area contributed by atoms with Gasteiger partial charge in [0.2, 0.25) is 0 Å². The summed E-state index contributed by atoms with van der Waals surface area (Å²) in [6.45, 7) is 15.6. The lowest BCUT2D eigenvalue weighted by molar-refractivity contribution is -0.278. The van der Waals surface area contributed by atoms with E-state index in [2.05, 4.69) is 54.5 Å². The van der Waals surface area contributed by atoms with Crippen molar-refractivity contribution in [3.63, 3.8) is 0 Å². The van der Waals surface area contributed by atoms with E-state index in [0.717, 1.165) is 44.9 Å². The van der Waals surface area contributed by atoms with Crippen molar-refractivity contribution in [3.05, 3.63) is 11.6 Å². The van der Waals surface area contributed by atoms with Crippen molar-refractivity contribution in [1.29, 1.82) is 0 Å². The van der Waals surface area contributed by atoms with Crippen LogP contribution in [-0.2, 0) is 4.79 Å². The Kier molecular flexibility index (Phi) is 5.56. The molecule has 5 rings (SSSR count). The number of carboxylic acid groups (broad SMARTS) is 1. The van der Waals surface area contributed by atoms with Crippen molar-refractivity contribution in [2.45, 2.75) is 112 Å². The molecule has 0 aromatic rings. The second-order valence-corrected chi connectivity index (χ2v) is 14.7. The van der Waals surface area contributed by atoms with Crippen molar-refractivity contribution in [1.82, 2.24) is 0 Å². The number of carboxylic acids is 1. The van der Waals surface area contributed by atoms with E-state index in [1.165, 1.54) is 5.57 Å². The molecule has 0 heterocycles. The molecule has 5 aliphatic rings. The summed E-state index contributed by atoms with van der Waals surface area (Å²) >= 11 is 0. The van der Waals surface area contributed by atoms with Crippen molar-refractivity contribution in [2.24, 2.45) is 56.7 Å². The van der Waals surface area contributed by atoms with E-state index in [-0.39, 0.29) is 28.6 Å². The Hall–Kier alpha value is -0.910. The van der Waals surface area contributed by atoms with Gasteiger partial charge in [0, 0.05) is 5.41 Å². The summed E-state index contributed by atoms with van der Waals surface area (Å²) in [7, 11) is 0. The Morgan fingerprint density at radius 1 is 0.886 bits per heavy atom. The van der Waals surface area contributed by atoms with Crippen LogP contribution in [0.1, 0.15) is 93.4 Å². The van der Waals surface area contributed by atoms with Crippen LogP contribution in [0.25, 0.3) is 0 Å². The number of carbonyl (C=O) groups is 1. The van der Waals surface area contributed by atoms with Crippen molar-refractivity contribution < 1.29 is 25.2 Å². The topological polar surface area (TPSA) is 98.0 Å². The minimum absolute atomic E-state index is 0.0611. The zero-order chi connectivity index (χ0) is 25.9. The Bertz CT molecular complexity index is 941. The van der Waals surface area contributed by atoms with E-state index in [0.29, 0.717) is 11.8 Å². The van der Waals surface area contributed by atoms with Crippen LogP contribution in [0.15, 0.2) is 11.6 Å². The van der Waals surface area contributed by atoms with E-state index in [4.69, 9.17) is 0 Å². The molecule has 0 amide bonds. The highest BCUT2D eigenvalue weighted by molar-refractivity contribution is 5.76. The van der Waals surface area contributed by atoms with Gasteiger partial charge in [0.05, 0.1) is 17.6 Å². The first-order valence-electron chi connectivity index (χ1n) is 14.1. The lowest BCUT2D eigenvalue weighted by Crippen LogP contribution is -2.72. The Morgan fingerprint density at radius 3 is 2.17 bits per heavy atom. The van der Waals surface area contributed by atoms with Gasteiger partial charge in [0.1, 0.15) is 6.10 Å². The van der Waals surface area contributed by atoms with Gasteiger partial charge in [-0.2, -0.15) is 0 Å². The number of hydrogen-bond acceptors (Lipinski definition) is 4. The predicted molar refractivity (Wildman–Crippen MR) is 135 cm³/mol. The molecule has 198 valence electrons. The monoisotopic (exact) mass is 488 g/mol. The Balaban J connectivity index is 1.65. The van der Waals surface area contributed by atoms with Gasteiger partial charge >= 0.3 is 5.97 Å². The summed E-state index contributed by atoms with van der Waals surface area (Å²) < 4.78 is 0. The standard InChI is InChI=1S/C30H48O5/c1-16-10-13-30(25(34)35)15-14-27(5)18(21(30)17(16)2)8-9-20-28(27,6)12-11-19-26(3,4)23(32)22(31)24(33)29(19,20)7/h8,16-17,19-24,31-33H,9-15H2,1-7H3,(H,34,35)/t16-,17+,19+,20+,21+,22-,23+,24+,27-,28-,29+,30+/m1/s1. The minimum atomic E-state index is -1.16. The molecule has 12 atom stereocenters. The van der Waals surface area contributed by atoms with Gasteiger partial charge in [-0.3, -0.25) is 4.79 Å². The first-order chi connectivity index (χ1) is 16.1. The predicted octanol–water partition coefficient (Wildman–Crippen LogP) is 5.03. The largest absolute Gasteiger partial charge is 0.481 e. The average molecular weight is 489 g/mol. The second-order valence-electron chi connectivity index (χ2n) is 14.7. The zero-order valence-corrected chi connectivity index (χ0v) is 22.8. The fourth-order valence-corrected chi connectivity index (χ4v) is 10.9. The van der Waals surface area contributed by atoms with Gasteiger partial charge in [-0.1, -0.05) is 60.1 Å². The van der Waals surface area contributed by atoms with Crippen LogP contribution < -0.4 is 0 Å². The molecule has 4 saturated carbocycles. The molecule has 0 saturated heterocycles. The number of hydrogen-bond donors (Lipinski definition) is 4. The van der Waals surface area contributed by atoms with Crippen LogP contribution in [0.4, 0.5) is 0 Å². The number of fused-ring (bicyclic) bond motifs is 7. The summed E-state index contributed by atoms with van der Waals surface area (Å²) in [6.07, 6.45) is 5.34. The highest BCUT2D eigenvalue weighted by Crippen LogP contribution is 2.75. The fourth-order valence-electron chi connectivity index (χ4n) is 10.9. The second kappa shape index (κ2) is 7.57. The van der Waals surface area contributed by atoms with Gasteiger partial charge in [0.25, 0.3) is 0 Å². The Morgan fingerprint density at radius 2 is 1.54 bits per heavy atom. The minimum Gasteiger partial charge on any atom is -0.481 e. The quantitative estimate of drug-likeness (QED) is 0.388. The van der Waals surface area contributed by atoms with Crippen LogP contribution in [-0.4, -0.2) is 44.7 Å². The van der Waals surface area contributed by atoms with Crippen molar-refractivity contribution in [2.75, 3.05) is 0 Å². The molecular weight excluding hydrogens is 440 g/mol. The molecule has 0 aromatic heterocycles. The highest BCUT2D eigenvalue weighted by atomic mass is 16.4. The van der Waals surface area contributed by atoms with Crippen LogP contribution in [0.3, 0.4) is 0 Å². The van der Waals surface area contributed by atoms with E-state index in [1.807, 2.05) is 0 Å². The molecule has 0 radical (unpaired) electrons. The average Bonchev–Trinajstić information content (AvgIpc) is 2.79. The summed E-state index contributed by atoms with van der Waals surface area (Å²) in [5.41, 5.74) is -0.536. The number of rotatable bonds is 1. The zero-order valence-electron chi connectivity index (χ0n) is 22.8. The SMILES string of the molecule is C[C@H]1[C@H](C)CC[C@]2(C(=O)O)CC[C@]3(C)C(=CC[C@@H]4[C@@]5(C)[C@@H](O)[C@H](O)[C@H](O)C(C)(C)[C@@H]5CC[C@]43C)[C@H]12. The summed E-state index contributed by atoms with van der Waals surface area (Å²) in [4.78, 5) is 12.8. The third-order valence-corrected chi connectivity index (χ3v) is 13.5. The van der Waals surface area contributed by atoms with Gasteiger partial charge in [-0.25, -0.2) is 0 Å². The van der Waals surface area contributed by atoms with Crippen LogP contribution in [0, 0.1) is 56.7 Å². The third-order valence-electron chi connectivity index (χ3n) is 13.5. The molecular formula is C30H48O5. The first-order valence-corrected chi connectivity index (χ1v) is 14.1. The molecule has 0 bridgehead atoms. The van der Waals surface area contributed by atoms with Crippen LogP contribution in [0.5, 0.6) is 0 Å². The van der Waals surface area contributed by atoms with Gasteiger partial charge in [0.15, 0.2) is 0 Å². The van der Waals surface area contributed by atoms with Crippen LogP contribution >= 0.6 is 0 Å². The maximum Gasteiger partial charge on any atom is 0.310 e. The molecule has 0 spiro atoms. The lowest BCUT2D eigenvalue weighted by atomic mass is 9.33. The molecule has 0 unspecified atom stereocenters. The maximum absolute atomic E-state index is 12.8. The summed E-state index contributed by atoms with van der Waals surface area (Å²) in [5, 5.41) is 44.0. The molecule has 5 heteroatoms. The molecule has 5 aliphatic carbocycles. The maximum atomic E-state index is 12.8. The molecule has 5 nitrogen and oxygen atoms in total.